The molecule has 0 amide bonds. The fourth-order valence-electron chi connectivity index (χ4n) is 2.16. The Labute approximate surface area is 81.3 Å². The molecule has 0 radical (unpaired) electrons. The Morgan fingerprint density at radius 1 is 1.33 bits per heavy atom. The Morgan fingerprint density at radius 2 is 2.00 bits per heavy atom. The molecule has 0 aliphatic heterocycles. The second-order valence-corrected chi connectivity index (χ2v) is 4.72. The van der Waals surface area contributed by atoms with E-state index in [-0.39, 0.29) is 0 Å². The van der Waals surface area contributed by atoms with E-state index in [1.807, 2.05) is 0 Å². The van der Waals surface area contributed by atoms with E-state index in [2.05, 4.69) is 26.5 Å². The van der Waals surface area contributed by atoms with Crippen molar-refractivity contribution >= 4 is 12.6 Å². The van der Waals surface area contributed by atoms with Crippen LogP contribution in [0.3, 0.4) is 0 Å². The quantitative estimate of drug-likeness (QED) is 0.655. The maximum Gasteiger partial charge on any atom is 0.0493 e. The van der Waals surface area contributed by atoms with Crippen molar-refractivity contribution in [2.24, 2.45) is 17.8 Å². The lowest BCUT2D eigenvalue weighted by Crippen LogP contribution is -2.34. The van der Waals surface area contributed by atoms with Gasteiger partial charge in [0.2, 0.25) is 0 Å². The minimum atomic E-state index is 0.568. The van der Waals surface area contributed by atoms with Gasteiger partial charge in [-0.3, -0.25) is 0 Å². The summed E-state index contributed by atoms with van der Waals surface area (Å²) in [4.78, 5) is 0. The minimum Gasteiger partial charge on any atom is -0.384 e. The van der Waals surface area contributed by atoms with E-state index in [9.17, 15) is 0 Å². The molecule has 0 aromatic heterocycles. The van der Waals surface area contributed by atoms with Crippen molar-refractivity contribution in [3.8, 4) is 0 Å². The largest absolute Gasteiger partial charge is 0.384 e. The van der Waals surface area contributed by atoms with Crippen molar-refractivity contribution in [1.82, 2.24) is 0 Å². The summed E-state index contributed by atoms with van der Waals surface area (Å²) in [6.07, 6.45) is 2.62. The van der Waals surface area contributed by atoms with E-state index in [1.54, 1.807) is 7.11 Å². The summed E-state index contributed by atoms with van der Waals surface area (Å²) in [5, 5.41) is 0.568. The van der Waals surface area contributed by atoms with Gasteiger partial charge in [0.25, 0.3) is 0 Å². The van der Waals surface area contributed by atoms with Crippen LogP contribution in [0.1, 0.15) is 26.7 Å². The number of rotatable bonds is 2. The van der Waals surface area contributed by atoms with Crippen LogP contribution in [0, 0.1) is 17.8 Å². The lowest BCUT2D eigenvalue weighted by Gasteiger charge is -2.37. The molecule has 12 heavy (non-hydrogen) atoms. The lowest BCUT2D eigenvalue weighted by atomic mass is 9.75. The third-order valence-electron chi connectivity index (χ3n) is 3.24. The van der Waals surface area contributed by atoms with E-state index in [0.29, 0.717) is 11.2 Å². The van der Waals surface area contributed by atoms with Crippen molar-refractivity contribution in [3.63, 3.8) is 0 Å². The monoisotopic (exact) mass is 188 g/mol. The van der Waals surface area contributed by atoms with Crippen LogP contribution in [-0.2, 0) is 4.74 Å². The Balaban J connectivity index is 2.46. The molecule has 0 saturated heterocycles. The second kappa shape index (κ2) is 4.52. The predicted molar refractivity (Wildman–Crippen MR) is 55.7 cm³/mol. The molecule has 4 unspecified atom stereocenters. The molecule has 0 N–H and O–H groups in total. The summed E-state index contributed by atoms with van der Waals surface area (Å²) in [5.74, 6) is 2.21. The average Bonchev–Trinajstić information content (AvgIpc) is 2.07. The molecule has 2 heteroatoms. The third-order valence-corrected chi connectivity index (χ3v) is 4.22. The Bertz CT molecular complexity index is 138. The van der Waals surface area contributed by atoms with Gasteiger partial charge >= 0.3 is 0 Å². The highest BCUT2D eigenvalue weighted by Crippen LogP contribution is 2.36. The first-order chi connectivity index (χ1) is 5.66. The smallest absolute Gasteiger partial charge is 0.0493 e. The molecule has 0 aromatic rings. The predicted octanol–water partition coefficient (Wildman–Crippen LogP) is 2.61. The van der Waals surface area contributed by atoms with Crippen molar-refractivity contribution in [1.29, 1.82) is 0 Å². The van der Waals surface area contributed by atoms with E-state index >= 15 is 0 Å². The molecule has 1 nitrogen and oxygen atoms in total. The molecule has 72 valence electrons. The standard InChI is InChI=1S/C10H20OS/c1-7-4-5-9(6-11-3)8(2)10(7)12/h7-10,12H,4-6H2,1-3H3. The van der Waals surface area contributed by atoms with Gasteiger partial charge in [0.15, 0.2) is 0 Å². The summed E-state index contributed by atoms with van der Waals surface area (Å²) < 4.78 is 5.20. The van der Waals surface area contributed by atoms with Crippen molar-refractivity contribution in [2.75, 3.05) is 13.7 Å². The van der Waals surface area contributed by atoms with Crippen LogP contribution < -0.4 is 0 Å². The van der Waals surface area contributed by atoms with Crippen molar-refractivity contribution in [2.45, 2.75) is 31.9 Å². The SMILES string of the molecule is COCC1CCC(C)C(S)C1C. The first-order valence-electron chi connectivity index (χ1n) is 4.83. The lowest BCUT2D eigenvalue weighted by molar-refractivity contribution is 0.0908. The molecule has 0 spiro atoms. The highest BCUT2D eigenvalue weighted by Gasteiger charge is 2.31. The number of methoxy groups -OCH3 is 1. The molecular weight excluding hydrogens is 168 g/mol. The Morgan fingerprint density at radius 3 is 2.58 bits per heavy atom. The molecule has 0 aromatic carbocycles. The van der Waals surface area contributed by atoms with Gasteiger partial charge in [0.05, 0.1) is 0 Å². The molecule has 0 heterocycles. The van der Waals surface area contributed by atoms with Crippen molar-refractivity contribution in [3.05, 3.63) is 0 Å². The van der Waals surface area contributed by atoms with Crippen LogP contribution in [0.15, 0.2) is 0 Å². The zero-order chi connectivity index (χ0) is 9.14. The first-order valence-corrected chi connectivity index (χ1v) is 5.35. The maximum atomic E-state index is 5.20. The summed E-state index contributed by atoms with van der Waals surface area (Å²) >= 11 is 4.65. The molecule has 1 aliphatic rings. The van der Waals surface area contributed by atoms with Crippen LogP contribution in [0.25, 0.3) is 0 Å². The van der Waals surface area contributed by atoms with Crippen LogP contribution in [-0.4, -0.2) is 19.0 Å². The van der Waals surface area contributed by atoms with Gasteiger partial charge in [0, 0.05) is 19.0 Å². The number of hydrogen-bond acceptors (Lipinski definition) is 2. The van der Waals surface area contributed by atoms with Crippen LogP contribution >= 0.6 is 12.6 Å². The van der Waals surface area contributed by atoms with Gasteiger partial charge < -0.3 is 4.74 Å². The topological polar surface area (TPSA) is 9.23 Å². The average molecular weight is 188 g/mol. The molecule has 1 aliphatic carbocycles. The van der Waals surface area contributed by atoms with Gasteiger partial charge in [0.1, 0.15) is 0 Å². The number of ether oxygens (including phenoxy) is 1. The van der Waals surface area contributed by atoms with Crippen LogP contribution in [0.4, 0.5) is 0 Å². The molecule has 0 bridgehead atoms. The minimum absolute atomic E-state index is 0.568. The molecule has 1 saturated carbocycles. The number of hydrogen-bond donors (Lipinski definition) is 1. The third kappa shape index (κ3) is 2.17. The molecule has 1 rings (SSSR count). The zero-order valence-corrected chi connectivity index (χ0v) is 9.18. The van der Waals surface area contributed by atoms with Crippen LogP contribution in [0.5, 0.6) is 0 Å². The second-order valence-electron chi connectivity index (χ2n) is 4.12. The van der Waals surface area contributed by atoms with Gasteiger partial charge in [-0.1, -0.05) is 13.8 Å². The number of thiol groups is 1. The van der Waals surface area contributed by atoms with E-state index in [1.165, 1.54) is 12.8 Å². The highest BCUT2D eigenvalue weighted by molar-refractivity contribution is 7.81. The summed E-state index contributed by atoms with van der Waals surface area (Å²) in [6, 6.07) is 0. The van der Waals surface area contributed by atoms with Crippen LogP contribution in [0.2, 0.25) is 0 Å². The summed E-state index contributed by atoms with van der Waals surface area (Å²) in [7, 11) is 1.79. The molecular formula is C10H20OS. The van der Waals surface area contributed by atoms with Gasteiger partial charge in [-0.15, -0.1) is 0 Å². The van der Waals surface area contributed by atoms with E-state index < -0.39 is 0 Å². The maximum absolute atomic E-state index is 5.20. The van der Waals surface area contributed by atoms with Gasteiger partial charge in [-0.25, -0.2) is 0 Å². The summed E-state index contributed by atoms with van der Waals surface area (Å²) in [5.41, 5.74) is 0. The van der Waals surface area contributed by atoms with E-state index in [4.69, 9.17) is 4.74 Å². The van der Waals surface area contributed by atoms with Crippen molar-refractivity contribution < 1.29 is 4.74 Å². The highest BCUT2D eigenvalue weighted by atomic mass is 32.1. The van der Waals surface area contributed by atoms with E-state index in [0.717, 1.165) is 18.4 Å². The fourth-order valence-corrected chi connectivity index (χ4v) is 2.55. The molecule has 1 fully saturated rings. The fraction of sp³-hybridized carbons (Fsp3) is 1.00. The Hall–Kier alpha value is 0.310. The van der Waals surface area contributed by atoms with Gasteiger partial charge in [-0.2, -0.15) is 12.6 Å². The normalized spacial score (nSPS) is 43.0. The first kappa shape index (κ1) is 10.4. The molecule has 4 atom stereocenters. The zero-order valence-electron chi connectivity index (χ0n) is 8.29. The Kier molecular flexibility index (Phi) is 3.91. The van der Waals surface area contributed by atoms with Gasteiger partial charge in [-0.05, 0) is 30.6 Å². The summed E-state index contributed by atoms with van der Waals surface area (Å²) in [6.45, 7) is 5.51.